The van der Waals surface area contributed by atoms with E-state index in [9.17, 15) is 0 Å². The largest absolute Gasteiger partial charge is 0.374 e. The van der Waals surface area contributed by atoms with Crippen molar-refractivity contribution in [3.05, 3.63) is 33.8 Å². The van der Waals surface area contributed by atoms with Gasteiger partial charge in [-0.05, 0) is 18.2 Å². The van der Waals surface area contributed by atoms with Crippen LogP contribution in [0.15, 0.2) is 18.2 Å². The standard InChI is InChI=1S/C13H18Cl2N2O/c1-2-17-6-7-18-11(8-17)13(16)9-4-3-5-10(14)12(9)15/h3-5,11,13H,2,6-8,16H2,1H3. The van der Waals surface area contributed by atoms with Crippen LogP contribution in [0.2, 0.25) is 10.0 Å². The van der Waals surface area contributed by atoms with E-state index >= 15 is 0 Å². The number of nitrogens with two attached hydrogens (primary N) is 1. The summed E-state index contributed by atoms with van der Waals surface area (Å²) in [7, 11) is 0. The van der Waals surface area contributed by atoms with Gasteiger partial charge in [-0.25, -0.2) is 0 Å². The predicted molar refractivity (Wildman–Crippen MR) is 75.2 cm³/mol. The molecule has 5 heteroatoms. The maximum atomic E-state index is 6.26. The lowest BCUT2D eigenvalue weighted by Gasteiger charge is -2.35. The first-order valence-corrected chi connectivity index (χ1v) is 6.92. The lowest BCUT2D eigenvalue weighted by Crippen LogP contribution is -2.46. The van der Waals surface area contributed by atoms with E-state index in [0.717, 1.165) is 25.2 Å². The lowest BCUT2D eigenvalue weighted by molar-refractivity contribution is -0.0392. The van der Waals surface area contributed by atoms with Crippen LogP contribution in [0.25, 0.3) is 0 Å². The van der Waals surface area contributed by atoms with Gasteiger partial charge in [-0.1, -0.05) is 42.3 Å². The molecular formula is C13H18Cl2N2O. The predicted octanol–water partition coefficient (Wildman–Crippen LogP) is 2.71. The molecule has 2 unspecified atom stereocenters. The van der Waals surface area contributed by atoms with Crippen LogP contribution in [0.3, 0.4) is 0 Å². The Labute approximate surface area is 118 Å². The molecule has 0 saturated carbocycles. The smallest absolute Gasteiger partial charge is 0.0895 e. The number of morpholine rings is 1. The molecule has 2 rings (SSSR count). The van der Waals surface area contributed by atoms with Gasteiger partial charge < -0.3 is 10.5 Å². The van der Waals surface area contributed by atoms with E-state index in [1.807, 2.05) is 12.1 Å². The molecule has 0 amide bonds. The molecule has 18 heavy (non-hydrogen) atoms. The summed E-state index contributed by atoms with van der Waals surface area (Å²) in [6.45, 7) is 5.66. The molecule has 1 aromatic carbocycles. The Morgan fingerprint density at radius 2 is 2.28 bits per heavy atom. The van der Waals surface area contributed by atoms with E-state index in [1.165, 1.54) is 0 Å². The van der Waals surface area contributed by atoms with Gasteiger partial charge in [0, 0.05) is 13.1 Å². The topological polar surface area (TPSA) is 38.5 Å². The van der Waals surface area contributed by atoms with Crippen molar-refractivity contribution in [3.8, 4) is 0 Å². The fourth-order valence-electron chi connectivity index (χ4n) is 2.21. The van der Waals surface area contributed by atoms with Gasteiger partial charge in [0.25, 0.3) is 0 Å². The van der Waals surface area contributed by atoms with Crippen molar-refractivity contribution >= 4 is 23.2 Å². The highest BCUT2D eigenvalue weighted by atomic mass is 35.5. The summed E-state index contributed by atoms with van der Waals surface area (Å²) in [4.78, 5) is 2.33. The van der Waals surface area contributed by atoms with Gasteiger partial charge in [-0.3, -0.25) is 4.90 Å². The van der Waals surface area contributed by atoms with Crippen molar-refractivity contribution in [2.24, 2.45) is 5.73 Å². The maximum Gasteiger partial charge on any atom is 0.0895 e. The minimum Gasteiger partial charge on any atom is -0.374 e. The molecule has 1 aliphatic rings. The van der Waals surface area contributed by atoms with Crippen LogP contribution in [0.4, 0.5) is 0 Å². The fourth-order valence-corrected chi connectivity index (χ4v) is 2.65. The van der Waals surface area contributed by atoms with E-state index < -0.39 is 0 Å². The summed E-state index contributed by atoms with van der Waals surface area (Å²) < 4.78 is 5.75. The number of halogens is 2. The van der Waals surface area contributed by atoms with Gasteiger partial charge in [0.15, 0.2) is 0 Å². The van der Waals surface area contributed by atoms with Crippen molar-refractivity contribution in [1.82, 2.24) is 4.90 Å². The molecule has 3 nitrogen and oxygen atoms in total. The Bertz CT molecular complexity index is 414. The van der Waals surface area contributed by atoms with Crippen molar-refractivity contribution in [1.29, 1.82) is 0 Å². The number of ether oxygens (including phenoxy) is 1. The second-order valence-corrected chi connectivity index (χ2v) is 5.26. The van der Waals surface area contributed by atoms with Crippen molar-refractivity contribution in [2.45, 2.75) is 19.1 Å². The number of nitrogens with zero attached hydrogens (tertiary/aromatic N) is 1. The lowest BCUT2D eigenvalue weighted by atomic mass is 10.0. The van der Waals surface area contributed by atoms with Crippen LogP contribution < -0.4 is 5.73 Å². The first kappa shape index (κ1) is 14.1. The summed E-state index contributed by atoms with van der Waals surface area (Å²) in [5.74, 6) is 0. The Balaban J connectivity index is 2.15. The second kappa shape index (κ2) is 6.22. The average molecular weight is 289 g/mol. The normalized spacial score (nSPS) is 23.0. The van der Waals surface area contributed by atoms with E-state index in [-0.39, 0.29) is 12.1 Å². The highest BCUT2D eigenvalue weighted by Gasteiger charge is 2.27. The molecule has 1 heterocycles. The minimum atomic E-state index is -0.245. The fraction of sp³-hybridized carbons (Fsp3) is 0.538. The Morgan fingerprint density at radius 1 is 1.50 bits per heavy atom. The number of hydrogen-bond donors (Lipinski definition) is 1. The average Bonchev–Trinajstić information content (AvgIpc) is 2.41. The molecular weight excluding hydrogens is 271 g/mol. The molecule has 0 radical (unpaired) electrons. The van der Waals surface area contributed by atoms with Gasteiger partial charge >= 0.3 is 0 Å². The highest BCUT2D eigenvalue weighted by molar-refractivity contribution is 6.42. The van der Waals surface area contributed by atoms with Crippen LogP contribution in [-0.4, -0.2) is 37.2 Å². The van der Waals surface area contributed by atoms with E-state index in [0.29, 0.717) is 16.7 Å². The zero-order valence-electron chi connectivity index (χ0n) is 10.4. The van der Waals surface area contributed by atoms with Crippen LogP contribution in [0, 0.1) is 0 Å². The van der Waals surface area contributed by atoms with Crippen LogP contribution >= 0.6 is 23.2 Å². The van der Waals surface area contributed by atoms with Gasteiger partial charge in [0.1, 0.15) is 0 Å². The molecule has 0 spiro atoms. The molecule has 100 valence electrons. The molecule has 0 aliphatic carbocycles. The number of likely N-dealkylation sites (N-methyl/N-ethyl adjacent to an activating group) is 1. The molecule has 0 aromatic heterocycles. The Hall–Kier alpha value is -0.320. The summed E-state index contributed by atoms with van der Waals surface area (Å²) in [5, 5.41) is 1.07. The van der Waals surface area contributed by atoms with Gasteiger partial charge in [-0.2, -0.15) is 0 Å². The number of hydrogen-bond acceptors (Lipinski definition) is 3. The van der Waals surface area contributed by atoms with Gasteiger partial charge in [0.2, 0.25) is 0 Å². The molecule has 1 saturated heterocycles. The van der Waals surface area contributed by atoms with Crippen LogP contribution in [0.5, 0.6) is 0 Å². The van der Waals surface area contributed by atoms with Crippen LogP contribution in [0.1, 0.15) is 18.5 Å². The molecule has 2 atom stereocenters. The summed E-state index contributed by atoms with van der Waals surface area (Å²) in [6.07, 6.45) is -0.0327. The zero-order valence-corrected chi connectivity index (χ0v) is 11.9. The molecule has 1 aromatic rings. The summed E-state index contributed by atoms with van der Waals surface area (Å²) >= 11 is 12.2. The molecule has 0 bridgehead atoms. The molecule has 1 aliphatic heterocycles. The first-order chi connectivity index (χ1) is 8.63. The third-order valence-electron chi connectivity index (χ3n) is 3.37. The van der Waals surface area contributed by atoms with E-state index in [1.54, 1.807) is 6.07 Å². The van der Waals surface area contributed by atoms with E-state index in [4.69, 9.17) is 33.7 Å². The van der Waals surface area contributed by atoms with Crippen molar-refractivity contribution < 1.29 is 4.74 Å². The maximum absolute atomic E-state index is 6.26. The molecule has 1 fully saturated rings. The highest BCUT2D eigenvalue weighted by Crippen LogP contribution is 2.31. The Morgan fingerprint density at radius 3 is 3.00 bits per heavy atom. The second-order valence-electron chi connectivity index (χ2n) is 4.47. The summed E-state index contributed by atoms with van der Waals surface area (Å²) in [6, 6.07) is 5.29. The van der Waals surface area contributed by atoms with Gasteiger partial charge in [0.05, 0.1) is 28.8 Å². The third kappa shape index (κ3) is 2.98. The number of benzene rings is 1. The number of rotatable bonds is 3. The minimum absolute atomic E-state index is 0.0327. The third-order valence-corrected chi connectivity index (χ3v) is 4.20. The SMILES string of the molecule is CCN1CCOC(C(N)c2cccc(Cl)c2Cl)C1. The van der Waals surface area contributed by atoms with Crippen molar-refractivity contribution in [2.75, 3.05) is 26.2 Å². The summed E-state index contributed by atoms with van der Waals surface area (Å²) in [5.41, 5.74) is 7.12. The quantitative estimate of drug-likeness (QED) is 0.930. The van der Waals surface area contributed by atoms with Crippen LogP contribution in [-0.2, 0) is 4.74 Å². The Kier molecular flexibility index (Phi) is 4.87. The van der Waals surface area contributed by atoms with Gasteiger partial charge in [-0.15, -0.1) is 0 Å². The monoisotopic (exact) mass is 288 g/mol. The van der Waals surface area contributed by atoms with E-state index in [2.05, 4.69) is 11.8 Å². The zero-order chi connectivity index (χ0) is 13.1. The van der Waals surface area contributed by atoms with Crippen molar-refractivity contribution in [3.63, 3.8) is 0 Å². The molecule has 2 N–H and O–H groups in total. The first-order valence-electron chi connectivity index (χ1n) is 6.17.